The monoisotopic (exact) mass is 304 g/mol. The summed E-state index contributed by atoms with van der Waals surface area (Å²) in [5.74, 6) is 0.372. The topological polar surface area (TPSA) is 49.4 Å². The van der Waals surface area contributed by atoms with Crippen LogP contribution in [-0.2, 0) is 9.59 Å². The molecule has 1 N–H and O–H groups in total. The molecule has 0 aromatic carbocycles. The fraction of sp³-hybridized carbons (Fsp3) is 0.833. The van der Waals surface area contributed by atoms with Crippen molar-refractivity contribution in [3.8, 4) is 0 Å². The molecule has 98 valence electrons. The maximum absolute atomic E-state index is 11.7. The molecule has 1 atom stereocenters. The Labute approximate surface area is 111 Å². The zero-order valence-corrected chi connectivity index (χ0v) is 12.1. The van der Waals surface area contributed by atoms with Crippen molar-refractivity contribution in [3.63, 3.8) is 0 Å². The van der Waals surface area contributed by atoms with E-state index in [0.29, 0.717) is 13.0 Å². The van der Waals surface area contributed by atoms with Gasteiger partial charge in [0, 0.05) is 26.1 Å². The minimum Gasteiger partial charge on any atom is -0.355 e. The number of hydrogen-bond donors (Lipinski definition) is 1. The Balaban J connectivity index is 2.18. The van der Waals surface area contributed by atoms with Crippen molar-refractivity contribution < 1.29 is 9.59 Å². The van der Waals surface area contributed by atoms with Crippen molar-refractivity contribution in [2.24, 2.45) is 5.92 Å². The van der Waals surface area contributed by atoms with E-state index in [4.69, 9.17) is 0 Å². The largest absolute Gasteiger partial charge is 0.355 e. The molecule has 1 saturated heterocycles. The molecule has 1 heterocycles. The third-order valence-electron chi connectivity index (χ3n) is 2.93. The third kappa shape index (κ3) is 4.66. The maximum atomic E-state index is 11.7. The molecule has 0 saturated carbocycles. The lowest BCUT2D eigenvalue weighted by atomic mass is 10.1. The zero-order chi connectivity index (χ0) is 12.8. The Bertz CT molecular complexity index is 262. The highest BCUT2D eigenvalue weighted by Gasteiger charge is 2.20. The van der Waals surface area contributed by atoms with Crippen LogP contribution in [0.2, 0.25) is 0 Å². The smallest absolute Gasteiger partial charge is 0.234 e. The molecule has 1 aliphatic heterocycles. The number of halogens is 1. The average molecular weight is 305 g/mol. The second-order valence-electron chi connectivity index (χ2n) is 4.77. The first-order chi connectivity index (χ1) is 8.02. The predicted molar refractivity (Wildman–Crippen MR) is 71.0 cm³/mol. The first kappa shape index (κ1) is 14.5. The van der Waals surface area contributed by atoms with Crippen LogP contribution in [-0.4, -0.2) is 41.2 Å². The van der Waals surface area contributed by atoms with E-state index in [0.717, 1.165) is 25.9 Å². The molecule has 0 aromatic rings. The summed E-state index contributed by atoms with van der Waals surface area (Å²) in [4.78, 5) is 25.0. The Kier molecular flexibility index (Phi) is 5.95. The lowest BCUT2D eigenvalue weighted by Crippen LogP contribution is -2.37. The maximum Gasteiger partial charge on any atom is 0.234 e. The Morgan fingerprint density at radius 2 is 1.88 bits per heavy atom. The van der Waals surface area contributed by atoms with Crippen molar-refractivity contribution in [1.29, 1.82) is 0 Å². The van der Waals surface area contributed by atoms with E-state index < -0.39 is 0 Å². The molecule has 17 heavy (non-hydrogen) atoms. The predicted octanol–water partition coefficient (Wildman–Crippen LogP) is 1.53. The molecule has 1 fully saturated rings. The SMILES string of the molecule is CC(C)C(Br)C(=O)NCCC(=O)N1CCCC1. The van der Waals surface area contributed by atoms with Gasteiger partial charge in [0.2, 0.25) is 11.8 Å². The summed E-state index contributed by atoms with van der Waals surface area (Å²) in [6.07, 6.45) is 2.62. The number of hydrogen-bond acceptors (Lipinski definition) is 2. The molecule has 0 aliphatic carbocycles. The van der Waals surface area contributed by atoms with Gasteiger partial charge in [-0.05, 0) is 18.8 Å². The molecule has 2 amide bonds. The summed E-state index contributed by atoms with van der Waals surface area (Å²) in [6, 6.07) is 0. The number of nitrogens with zero attached hydrogens (tertiary/aromatic N) is 1. The molecule has 1 aliphatic rings. The van der Waals surface area contributed by atoms with Crippen LogP contribution in [0.3, 0.4) is 0 Å². The van der Waals surface area contributed by atoms with Crippen LogP contribution >= 0.6 is 15.9 Å². The Morgan fingerprint density at radius 3 is 2.41 bits per heavy atom. The normalized spacial score (nSPS) is 17.3. The Morgan fingerprint density at radius 1 is 1.29 bits per heavy atom. The number of carbonyl (C=O) groups is 2. The van der Waals surface area contributed by atoms with Crippen LogP contribution in [0.4, 0.5) is 0 Å². The molecule has 0 aromatic heterocycles. The lowest BCUT2D eigenvalue weighted by molar-refractivity contribution is -0.130. The van der Waals surface area contributed by atoms with Crippen molar-refractivity contribution >= 4 is 27.7 Å². The molecule has 4 nitrogen and oxygen atoms in total. The highest BCUT2D eigenvalue weighted by Crippen LogP contribution is 2.12. The summed E-state index contributed by atoms with van der Waals surface area (Å²) < 4.78 is 0. The lowest BCUT2D eigenvalue weighted by Gasteiger charge is -2.16. The van der Waals surface area contributed by atoms with E-state index >= 15 is 0 Å². The summed E-state index contributed by atoms with van der Waals surface area (Å²) >= 11 is 3.33. The van der Waals surface area contributed by atoms with Gasteiger partial charge in [0.1, 0.15) is 0 Å². The second-order valence-corrected chi connectivity index (χ2v) is 5.76. The highest BCUT2D eigenvalue weighted by molar-refractivity contribution is 9.10. The van der Waals surface area contributed by atoms with E-state index in [-0.39, 0.29) is 22.6 Å². The fourth-order valence-electron chi connectivity index (χ4n) is 1.82. The summed E-state index contributed by atoms with van der Waals surface area (Å²) in [6.45, 7) is 6.14. The van der Waals surface area contributed by atoms with Crippen LogP contribution in [0.15, 0.2) is 0 Å². The van der Waals surface area contributed by atoms with E-state index in [1.165, 1.54) is 0 Å². The van der Waals surface area contributed by atoms with Crippen LogP contribution in [0.1, 0.15) is 33.1 Å². The highest BCUT2D eigenvalue weighted by atomic mass is 79.9. The van der Waals surface area contributed by atoms with Crippen LogP contribution in [0, 0.1) is 5.92 Å². The number of alkyl halides is 1. The standard InChI is InChI=1S/C12H21BrN2O2/c1-9(2)11(13)12(17)14-6-5-10(16)15-7-3-4-8-15/h9,11H,3-8H2,1-2H3,(H,14,17). The summed E-state index contributed by atoms with van der Waals surface area (Å²) in [5.41, 5.74) is 0. The molecule has 5 heteroatoms. The third-order valence-corrected chi connectivity index (χ3v) is 4.41. The van der Waals surface area contributed by atoms with Gasteiger partial charge in [0.25, 0.3) is 0 Å². The van der Waals surface area contributed by atoms with Gasteiger partial charge in [-0.1, -0.05) is 29.8 Å². The van der Waals surface area contributed by atoms with Gasteiger partial charge < -0.3 is 10.2 Å². The molecule has 1 unspecified atom stereocenters. The van der Waals surface area contributed by atoms with Gasteiger partial charge in [-0.25, -0.2) is 0 Å². The van der Waals surface area contributed by atoms with E-state index in [1.54, 1.807) is 0 Å². The second kappa shape index (κ2) is 6.99. The van der Waals surface area contributed by atoms with Gasteiger partial charge in [0.05, 0.1) is 4.83 Å². The molecule has 0 radical (unpaired) electrons. The fourth-order valence-corrected chi connectivity index (χ4v) is 1.98. The molecule has 0 spiro atoms. The summed E-state index contributed by atoms with van der Waals surface area (Å²) in [5, 5.41) is 2.78. The van der Waals surface area contributed by atoms with Crippen LogP contribution in [0.25, 0.3) is 0 Å². The van der Waals surface area contributed by atoms with E-state index in [2.05, 4.69) is 21.2 Å². The van der Waals surface area contributed by atoms with Crippen molar-refractivity contribution in [2.45, 2.75) is 37.9 Å². The number of rotatable bonds is 5. The number of nitrogens with one attached hydrogen (secondary N) is 1. The zero-order valence-electron chi connectivity index (χ0n) is 10.5. The first-order valence-electron chi connectivity index (χ1n) is 6.22. The van der Waals surface area contributed by atoms with E-state index in [9.17, 15) is 9.59 Å². The quantitative estimate of drug-likeness (QED) is 0.783. The molecule has 0 bridgehead atoms. The van der Waals surface area contributed by atoms with Gasteiger partial charge in [0.15, 0.2) is 0 Å². The minimum atomic E-state index is -0.176. The number of likely N-dealkylation sites (tertiary alicyclic amines) is 1. The molecular formula is C12H21BrN2O2. The van der Waals surface area contributed by atoms with Gasteiger partial charge >= 0.3 is 0 Å². The van der Waals surface area contributed by atoms with Crippen molar-refractivity contribution in [2.75, 3.05) is 19.6 Å². The Hall–Kier alpha value is -0.580. The minimum absolute atomic E-state index is 0.0331. The van der Waals surface area contributed by atoms with Gasteiger partial charge in [-0.2, -0.15) is 0 Å². The average Bonchev–Trinajstić information content (AvgIpc) is 2.80. The molecule has 1 rings (SSSR count). The van der Waals surface area contributed by atoms with Gasteiger partial charge in [-0.3, -0.25) is 9.59 Å². The van der Waals surface area contributed by atoms with Crippen LogP contribution in [0.5, 0.6) is 0 Å². The van der Waals surface area contributed by atoms with Crippen LogP contribution < -0.4 is 5.32 Å². The first-order valence-corrected chi connectivity index (χ1v) is 7.13. The van der Waals surface area contributed by atoms with E-state index in [1.807, 2.05) is 18.7 Å². The number of carbonyl (C=O) groups excluding carboxylic acids is 2. The summed E-state index contributed by atoms with van der Waals surface area (Å²) in [7, 11) is 0. The van der Waals surface area contributed by atoms with Gasteiger partial charge in [-0.15, -0.1) is 0 Å². The molecular weight excluding hydrogens is 284 g/mol. The van der Waals surface area contributed by atoms with Crippen molar-refractivity contribution in [3.05, 3.63) is 0 Å². The number of amides is 2. The van der Waals surface area contributed by atoms with Crippen molar-refractivity contribution in [1.82, 2.24) is 10.2 Å².